The highest BCUT2D eigenvalue weighted by molar-refractivity contribution is 5.44. The van der Waals surface area contributed by atoms with Gasteiger partial charge in [0.25, 0.3) is 0 Å². The van der Waals surface area contributed by atoms with Gasteiger partial charge in [0, 0.05) is 5.92 Å². The van der Waals surface area contributed by atoms with Gasteiger partial charge in [-0.1, -0.05) is 103 Å². The highest BCUT2D eigenvalue weighted by Gasteiger charge is 2.22. The molecule has 0 spiro atoms. The van der Waals surface area contributed by atoms with Crippen LogP contribution in [0.4, 0.5) is 0 Å². The highest BCUT2D eigenvalue weighted by atomic mass is 14.3. The first-order chi connectivity index (χ1) is 14.9. The van der Waals surface area contributed by atoms with E-state index in [0.29, 0.717) is 5.92 Å². The summed E-state index contributed by atoms with van der Waals surface area (Å²) in [5.41, 5.74) is 7.52. The van der Waals surface area contributed by atoms with Gasteiger partial charge in [-0.15, -0.1) is 0 Å². The predicted octanol–water partition coefficient (Wildman–Crippen LogP) is 8.07. The lowest BCUT2D eigenvalue weighted by atomic mass is 9.77. The number of unbranched alkanes of at least 4 members (excludes halogenated alkanes) is 1. The molecular formula is C30H32. The average molecular weight is 393 g/mol. The Morgan fingerprint density at radius 3 is 1.83 bits per heavy atom. The van der Waals surface area contributed by atoms with Gasteiger partial charge in [0.15, 0.2) is 0 Å². The minimum atomic E-state index is 0.600. The molecule has 1 aliphatic carbocycles. The van der Waals surface area contributed by atoms with E-state index >= 15 is 0 Å². The van der Waals surface area contributed by atoms with Gasteiger partial charge >= 0.3 is 0 Å². The van der Waals surface area contributed by atoms with E-state index in [2.05, 4.69) is 103 Å². The van der Waals surface area contributed by atoms with E-state index in [1.165, 1.54) is 55.2 Å². The van der Waals surface area contributed by atoms with Crippen LogP contribution in [0.1, 0.15) is 54.7 Å². The molecule has 0 amide bonds. The summed E-state index contributed by atoms with van der Waals surface area (Å²) in [5.74, 6) is 0.600. The molecule has 0 heterocycles. The van der Waals surface area contributed by atoms with Crippen LogP contribution in [0.15, 0.2) is 114 Å². The van der Waals surface area contributed by atoms with Gasteiger partial charge in [-0.2, -0.15) is 0 Å². The molecule has 0 nitrogen and oxygen atoms in total. The Labute approximate surface area is 182 Å². The lowest BCUT2D eigenvalue weighted by Crippen LogP contribution is -2.10. The molecule has 0 aliphatic heterocycles. The van der Waals surface area contributed by atoms with Gasteiger partial charge in [0.05, 0.1) is 0 Å². The Hall–Kier alpha value is -2.86. The summed E-state index contributed by atoms with van der Waals surface area (Å²) in [6.07, 6.45) is 13.4. The molecule has 30 heavy (non-hydrogen) atoms. The van der Waals surface area contributed by atoms with Gasteiger partial charge in [-0.05, 0) is 72.8 Å². The summed E-state index contributed by atoms with van der Waals surface area (Å²) in [6.45, 7) is 0. The molecule has 0 bridgehead atoms. The molecular weight excluding hydrogens is 360 g/mol. The fraction of sp³-hybridized carbons (Fsp3) is 0.267. The van der Waals surface area contributed by atoms with E-state index in [4.69, 9.17) is 0 Å². The maximum absolute atomic E-state index is 2.53. The van der Waals surface area contributed by atoms with Crippen LogP contribution in [0, 0.1) is 0 Å². The molecule has 1 atom stereocenters. The van der Waals surface area contributed by atoms with Crippen molar-refractivity contribution in [3.8, 4) is 0 Å². The van der Waals surface area contributed by atoms with Crippen LogP contribution in [0.3, 0.4) is 0 Å². The third-order valence-corrected chi connectivity index (χ3v) is 6.14. The predicted molar refractivity (Wildman–Crippen MR) is 129 cm³/mol. The molecule has 152 valence electrons. The molecule has 3 aromatic carbocycles. The number of benzene rings is 3. The second-order valence-electron chi connectivity index (χ2n) is 8.36. The molecule has 0 heteroatoms. The zero-order valence-corrected chi connectivity index (χ0v) is 17.8. The minimum Gasteiger partial charge on any atom is -0.0810 e. The second kappa shape index (κ2) is 10.8. The van der Waals surface area contributed by atoms with Crippen molar-refractivity contribution in [3.63, 3.8) is 0 Å². The summed E-state index contributed by atoms with van der Waals surface area (Å²) in [5, 5.41) is 0. The van der Waals surface area contributed by atoms with Gasteiger partial charge in [0.1, 0.15) is 0 Å². The number of aryl methyl sites for hydroxylation is 2. The summed E-state index contributed by atoms with van der Waals surface area (Å²) in [6, 6.07) is 32.7. The van der Waals surface area contributed by atoms with Crippen molar-refractivity contribution >= 4 is 0 Å². The van der Waals surface area contributed by atoms with E-state index in [1.54, 1.807) is 11.1 Å². The van der Waals surface area contributed by atoms with Crippen LogP contribution in [0.5, 0.6) is 0 Å². The van der Waals surface area contributed by atoms with Crippen LogP contribution >= 0.6 is 0 Å². The van der Waals surface area contributed by atoms with E-state index < -0.39 is 0 Å². The largest absolute Gasteiger partial charge is 0.0810 e. The van der Waals surface area contributed by atoms with Crippen LogP contribution in [0.2, 0.25) is 0 Å². The average Bonchev–Trinajstić information content (AvgIpc) is 2.77. The van der Waals surface area contributed by atoms with Crippen LogP contribution in [-0.2, 0) is 12.8 Å². The lowest BCUT2D eigenvalue weighted by Gasteiger charge is -2.28. The van der Waals surface area contributed by atoms with E-state index in [-0.39, 0.29) is 0 Å². The summed E-state index contributed by atoms with van der Waals surface area (Å²) >= 11 is 0. The SMILES string of the molecule is C1=C(/C(=C/CCCc2ccccc2)CCCc2ccccc2)CC1c1ccccc1. The number of allylic oxidation sites excluding steroid dienone is 4. The molecule has 0 saturated carbocycles. The van der Waals surface area contributed by atoms with Crippen molar-refractivity contribution in [2.45, 2.75) is 50.9 Å². The van der Waals surface area contributed by atoms with Crippen LogP contribution in [-0.4, -0.2) is 0 Å². The van der Waals surface area contributed by atoms with Gasteiger partial charge < -0.3 is 0 Å². The smallest absolute Gasteiger partial charge is 0.00642 e. The molecule has 0 fully saturated rings. The topological polar surface area (TPSA) is 0 Å². The standard InChI is InChI=1S/C30H32/c1-4-13-25(14-5-1)17-10-11-21-28(22-12-18-26-15-6-2-7-16-26)30-23-29(24-30)27-19-8-3-9-20-27/h1-9,13-16,19-21,23,29H,10-12,17-18,22,24H2/b28-21+. The Balaban J connectivity index is 1.36. The quantitative estimate of drug-likeness (QED) is 0.306. The lowest BCUT2D eigenvalue weighted by molar-refractivity contribution is 0.711. The summed E-state index contributed by atoms with van der Waals surface area (Å²) in [7, 11) is 0. The first-order valence-electron chi connectivity index (χ1n) is 11.4. The molecule has 0 N–H and O–H groups in total. The second-order valence-corrected chi connectivity index (χ2v) is 8.36. The van der Waals surface area contributed by atoms with Crippen molar-refractivity contribution < 1.29 is 0 Å². The fourth-order valence-electron chi connectivity index (χ4n) is 4.35. The fourth-order valence-corrected chi connectivity index (χ4v) is 4.35. The number of hydrogen-bond donors (Lipinski definition) is 0. The minimum absolute atomic E-state index is 0.600. The molecule has 3 aromatic rings. The maximum Gasteiger partial charge on any atom is 0.00642 e. The van der Waals surface area contributed by atoms with Crippen LogP contribution < -0.4 is 0 Å². The maximum atomic E-state index is 2.53. The summed E-state index contributed by atoms with van der Waals surface area (Å²) in [4.78, 5) is 0. The first kappa shape index (κ1) is 20.4. The molecule has 1 aliphatic rings. The molecule has 1 unspecified atom stereocenters. The van der Waals surface area contributed by atoms with E-state index in [0.717, 1.165) is 6.42 Å². The van der Waals surface area contributed by atoms with Crippen molar-refractivity contribution in [1.29, 1.82) is 0 Å². The van der Waals surface area contributed by atoms with Crippen molar-refractivity contribution in [2.75, 3.05) is 0 Å². The Morgan fingerprint density at radius 2 is 1.23 bits per heavy atom. The molecule has 0 saturated heterocycles. The first-order valence-corrected chi connectivity index (χ1v) is 11.4. The van der Waals surface area contributed by atoms with E-state index in [9.17, 15) is 0 Å². The third-order valence-electron chi connectivity index (χ3n) is 6.14. The van der Waals surface area contributed by atoms with Crippen LogP contribution in [0.25, 0.3) is 0 Å². The van der Waals surface area contributed by atoms with Gasteiger partial charge in [-0.25, -0.2) is 0 Å². The normalized spacial score (nSPS) is 16.1. The Morgan fingerprint density at radius 1 is 0.700 bits per heavy atom. The monoisotopic (exact) mass is 392 g/mol. The molecule has 4 rings (SSSR count). The third kappa shape index (κ3) is 5.83. The van der Waals surface area contributed by atoms with Crippen molar-refractivity contribution in [1.82, 2.24) is 0 Å². The Kier molecular flexibility index (Phi) is 7.34. The molecule has 0 aromatic heterocycles. The zero-order chi connectivity index (χ0) is 20.4. The number of rotatable bonds is 10. The Bertz CT molecular complexity index is 949. The van der Waals surface area contributed by atoms with Crippen molar-refractivity contribution in [3.05, 3.63) is 131 Å². The highest BCUT2D eigenvalue weighted by Crippen LogP contribution is 2.40. The van der Waals surface area contributed by atoms with Gasteiger partial charge in [0.2, 0.25) is 0 Å². The van der Waals surface area contributed by atoms with Crippen molar-refractivity contribution in [2.24, 2.45) is 0 Å². The van der Waals surface area contributed by atoms with E-state index in [1.807, 2.05) is 0 Å². The number of hydrogen-bond acceptors (Lipinski definition) is 0. The van der Waals surface area contributed by atoms with Gasteiger partial charge in [-0.3, -0.25) is 0 Å². The summed E-state index contributed by atoms with van der Waals surface area (Å²) < 4.78 is 0. The molecule has 0 radical (unpaired) electrons. The zero-order valence-electron chi connectivity index (χ0n) is 17.8.